The van der Waals surface area contributed by atoms with E-state index < -0.39 is 0 Å². The van der Waals surface area contributed by atoms with Crippen LogP contribution in [0.4, 0.5) is 0 Å². The minimum Gasteiger partial charge on any atom is -0.291 e. The molecule has 0 bridgehead atoms. The molecule has 3 aliphatic rings. The van der Waals surface area contributed by atoms with Crippen molar-refractivity contribution in [2.45, 2.75) is 57.8 Å². The maximum atomic E-state index is 4.78. The lowest BCUT2D eigenvalue weighted by molar-refractivity contribution is 0.660. The summed E-state index contributed by atoms with van der Waals surface area (Å²) in [7, 11) is 0. The highest BCUT2D eigenvalue weighted by molar-refractivity contribution is 6.23. The Morgan fingerprint density at radius 1 is 0.353 bits per heavy atom. The van der Waals surface area contributed by atoms with Gasteiger partial charge in [0.1, 0.15) is 0 Å². The van der Waals surface area contributed by atoms with E-state index in [0.29, 0.717) is 5.78 Å². The van der Waals surface area contributed by atoms with Gasteiger partial charge >= 0.3 is 0 Å². The van der Waals surface area contributed by atoms with E-state index in [9.17, 15) is 0 Å². The van der Waals surface area contributed by atoms with Crippen LogP contribution in [0.15, 0.2) is 188 Å². The summed E-state index contributed by atoms with van der Waals surface area (Å²) in [5, 5.41) is 5.15. The third-order valence-electron chi connectivity index (χ3n) is 16.3. The first-order valence-corrected chi connectivity index (χ1v) is 24.0. The van der Waals surface area contributed by atoms with Crippen LogP contribution in [0.5, 0.6) is 0 Å². The Morgan fingerprint density at radius 3 is 1.38 bits per heavy atom. The minimum absolute atomic E-state index is 0.114. The molecule has 0 atom stereocenters. The van der Waals surface area contributed by atoms with Crippen LogP contribution in [0.1, 0.15) is 74.9 Å². The summed E-state index contributed by atoms with van der Waals surface area (Å²) in [4.78, 5) is 9.21. The van der Waals surface area contributed by atoms with Gasteiger partial charge in [-0.25, -0.2) is 9.97 Å². The molecular weight excluding hydrogens is 823 g/mol. The summed E-state index contributed by atoms with van der Waals surface area (Å²) in [5.41, 5.74) is 25.4. The summed E-state index contributed by atoms with van der Waals surface area (Å²) in [6, 6.07) is 64.8. The molecule has 0 unspecified atom stereocenters. The highest BCUT2D eigenvalue weighted by Gasteiger charge is 2.39. The second-order valence-corrected chi connectivity index (χ2v) is 21.0. The number of benzene rings is 9. The molecular formula is C65H49N3. The first-order valence-electron chi connectivity index (χ1n) is 24.0. The Kier molecular flexibility index (Phi) is 7.87. The number of imidazole rings is 1. The average molecular weight is 872 g/mol. The highest BCUT2D eigenvalue weighted by Crippen LogP contribution is 2.57. The number of nitrogens with zero attached hydrogens (tertiary/aromatic N) is 3. The molecule has 0 saturated carbocycles. The van der Waals surface area contributed by atoms with E-state index in [1.165, 1.54) is 122 Å². The van der Waals surface area contributed by atoms with Crippen molar-refractivity contribution >= 4 is 27.3 Å². The van der Waals surface area contributed by atoms with Crippen molar-refractivity contribution in [3.8, 4) is 78.0 Å². The number of aromatic nitrogens is 3. The van der Waals surface area contributed by atoms with Gasteiger partial charge in [0.2, 0.25) is 5.78 Å². The lowest BCUT2D eigenvalue weighted by Gasteiger charge is -2.25. The third kappa shape index (κ3) is 5.30. The molecule has 0 spiro atoms. The summed E-state index contributed by atoms with van der Waals surface area (Å²) < 4.78 is 1.97. The number of fused-ring (bicyclic) bond motifs is 12. The standard InChI is InChI=1S/C65H49N3/c1-63(2)53-18-11-9-14-43(53)45-28-25-41(33-56(45)63)60-48-16-7-8-17-49(48)61(42-26-29-46-44-15-10-12-19-54(44)64(3,4)57(46)34-42)52-36-58-50(35-51(52)60)47-27-24-40(32-55(47)65(58,5)6)38-20-22-39(23-21-38)59-37-68-31-13-30-66-62(68)67-59/h7-37H,1-6H3. The number of hydrogen-bond acceptors (Lipinski definition) is 2. The van der Waals surface area contributed by atoms with Crippen LogP contribution in [0.3, 0.4) is 0 Å². The fourth-order valence-electron chi connectivity index (χ4n) is 12.7. The smallest absolute Gasteiger partial charge is 0.234 e. The van der Waals surface area contributed by atoms with Crippen molar-refractivity contribution in [1.29, 1.82) is 0 Å². The molecule has 0 amide bonds. The normalized spacial score (nSPS) is 15.3. The fraction of sp³-hybridized carbons (Fsp3) is 0.138. The van der Waals surface area contributed by atoms with Crippen LogP contribution in [0.25, 0.3) is 105 Å². The Hall–Kier alpha value is -7.88. The zero-order valence-electron chi connectivity index (χ0n) is 39.2. The topological polar surface area (TPSA) is 30.2 Å². The first kappa shape index (κ1) is 39.3. The maximum absolute atomic E-state index is 4.78. The molecule has 9 aromatic carbocycles. The lowest BCUT2D eigenvalue weighted by atomic mass is 9.77. The van der Waals surface area contributed by atoms with Gasteiger partial charge in [-0.05, 0) is 158 Å². The zero-order chi connectivity index (χ0) is 45.8. The van der Waals surface area contributed by atoms with Gasteiger partial charge in [0.05, 0.1) is 5.69 Å². The molecule has 14 rings (SSSR count). The van der Waals surface area contributed by atoms with Gasteiger partial charge in [0.25, 0.3) is 0 Å². The van der Waals surface area contributed by atoms with Gasteiger partial charge in [-0.1, -0.05) is 175 Å². The van der Waals surface area contributed by atoms with Gasteiger partial charge in [0, 0.05) is 40.4 Å². The van der Waals surface area contributed by atoms with E-state index >= 15 is 0 Å². The molecule has 3 nitrogen and oxygen atoms in total. The summed E-state index contributed by atoms with van der Waals surface area (Å²) in [6.07, 6.45) is 5.82. The summed E-state index contributed by atoms with van der Waals surface area (Å²) in [5.74, 6) is 0.705. The molecule has 2 aromatic heterocycles. The maximum Gasteiger partial charge on any atom is 0.234 e. The van der Waals surface area contributed by atoms with E-state index in [2.05, 4.69) is 210 Å². The molecule has 11 aromatic rings. The van der Waals surface area contributed by atoms with E-state index in [4.69, 9.17) is 4.98 Å². The van der Waals surface area contributed by atoms with Crippen molar-refractivity contribution in [2.24, 2.45) is 0 Å². The quantitative estimate of drug-likeness (QED) is 0.165. The second-order valence-electron chi connectivity index (χ2n) is 21.0. The van der Waals surface area contributed by atoms with Crippen molar-refractivity contribution in [2.75, 3.05) is 0 Å². The minimum atomic E-state index is -0.244. The first-order chi connectivity index (χ1) is 33.0. The third-order valence-corrected chi connectivity index (χ3v) is 16.3. The van der Waals surface area contributed by atoms with Crippen molar-refractivity contribution in [3.63, 3.8) is 0 Å². The molecule has 0 N–H and O–H groups in total. The molecule has 68 heavy (non-hydrogen) atoms. The fourth-order valence-corrected chi connectivity index (χ4v) is 12.7. The van der Waals surface area contributed by atoms with Crippen molar-refractivity contribution in [1.82, 2.24) is 14.4 Å². The summed E-state index contributed by atoms with van der Waals surface area (Å²) >= 11 is 0. The Morgan fingerprint density at radius 2 is 0.794 bits per heavy atom. The SMILES string of the molecule is CC1(C)c2ccccc2-c2ccc(-c3c4ccccc4c(-c4ccc5c(c4)C(C)(C)c4ccccc4-5)c4cc5c(cc34)-c3ccc(-c4ccc(-c6cn7cccnc7n6)cc4)cc3C5(C)C)cc21. The van der Waals surface area contributed by atoms with Gasteiger partial charge in [-0.3, -0.25) is 4.40 Å². The number of rotatable bonds is 4. The van der Waals surface area contributed by atoms with Gasteiger partial charge < -0.3 is 0 Å². The van der Waals surface area contributed by atoms with Crippen LogP contribution in [0.2, 0.25) is 0 Å². The van der Waals surface area contributed by atoms with E-state index in [-0.39, 0.29) is 16.2 Å². The molecule has 2 heterocycles. The second kappa shape index (κ2) is 13.6. The molecule has 3 aliphatic carbocycles. The van der Waals surface area contributed by atoms with E-state index in [1.807, 2.05) is 22.9 Å². The van der Waals surface area contributed by atoms with Crippen LogP contribution in [-0.4, -0.2) is 14.4 Å². The predicted octanol–water partition coefficient (Wildman–Crippen LogP) is 16.6. The van der Waals surface area contributed by atoms with Crippen LogP contribution in [0, 0.1) is 0 Å². The largest absolute Gasteiger partial charge is 0.291 e. The molecule has 0 saturated heterocycles. The lowest BCUT2D eigenvalue weighted by Crippen LogP contribution is -2.15. The Balaban J connectivity index is 0.983. The molecule has 3 heteroatoms. The zero-order valence-corrected chi connectivity index (χ0v) is 39.2. The van der Waals surface area contributed by atoms with Gasteiger partial charge in [-0.2, -0.15) is 0 Å². The monoisotopic (exact) mass is 871 g/mol. The molecule has 0 fully saturated rings. The van der Waals surface area contributed by atoms with E-state index in [0.717, 1.165) is 11.3 Å². The van der Waals surface area contributed by atoms with Crippen LogP contribution >= 0.6 is 0 Å². The van der Waals surface area contributed by atoms with Crippen LogP contribution < -0.4 is 0 Å². The van der Waals surface area contributed by atoms with Crippen LogP contribution in [-0.2, 0) is 16.2 Å². The number of hydrogen-bond donors (Lipinski definition) is 0. The van der Waals surface area contributed by atoms with Crippen molar-refractivity contribution in [3.05, 3.63) is 222 Å². The Labute approximate surface area is 397 Å². The Bertz CT molecular complexity index is 3960. The van der Waals surface area contributed by atoms with Gasteiger partial charge in [0.15, 0.2) is 0 Å². The molecule has 0 radical (unpaired) electrons. The summed E-state index contributed by atoms with van der Waals surface area (Å²) in [6.45, 7) is 14.4. The van der Waals surface area contributed by atoms with Gasteiger partial charge in [-0.15, -0.1) is 0 Å². The molecule has 324 valence electrons. The predicted molar refractivity (Wildman–Crippen MR) is 282 cm³/mol. The highest BCUT2D eigenvalue weighted by atomic mass is 15.1. The van der Waals surface area contributed by atoms with E-state index in [1.54, 1.807) is 6.20 Å². The molecule has 0 aliphatic heterocycles. The van der Waals surface area contributed by atoms with Crippen molar-refractivity contribution < 1.29 is 0 Å². The average Bonchev–Trinajstić information content (AvgIpc) is 4.04.